The summed E-state index contributed by atoms with van der Waals surface area (Å²) in [5.41, 5.74) is 4.53. The van der Waals surface area contributed by atoms with Crippen LogP contribution in [0.1, 0.15) is 11.3 Å². The van der Waals surface area contributed by atoms with E-state index in [1.807, 2.05) is 0 Å². The first-order chi connectivity index (χ1) is 5.91. The summed E-state index contributed by atoms with van der Waals surface area (Å²) < 4.78 is 36.0. The molecule has 0 fully saturated rings. The number of rotatable bonds is 1. The van der Waals surface area contributed by atoms with E-state index in [4.69, 9.17) is 5.73 Å². The molecule has 0 radical (unpaired) electrons. The Morgan fingerprint density at radius 1 is 1.38 bits per heavy atom. The molecule has 0 amide bonds. The molecule has 70 valence electrons. The molecule has 0 aromatic carbocycles. The highest BCUT2D eigenvalue weighted by Crippen LogP contribution is 2.28. The smallest absolute Gasteiger partial charge is 0.388 e. The molecular formula is C7H5F3N2S. The van der Waals surface area contributed by atoms with Crippen molar-refractivity contribution in [3.05, 3.63) is 29.6 Å². The van der Waals surface area contributed by atoms with Crippen molar-refractivity contribution in [3.8, 4) is 0 Å². The third-order valence-electron chi connectivity index (χ3n) is 1.34. The molecule has 0 aliphatic heterocycles. The van der Waals surface area contributed by atoms with Gasteiger partial charge in [0, 0.05) is 6.20 Å². The van der Waals surface area contributed by atoms with Crippen molar-refractivity contribution in [2.75, 3.05) is 0 Å². The van der Waals surface area contributed by atoms with Crippen LogP contribution in [0.5, 0.6) is 0 Å². The van der Waals surface area contributed by atoms with Crippen molar-refractivity contribution in [1.29, 1.82) is 0 Å². The van der Waals surface area contributed by atoms with E-state index in [2.05, 4.69) is 17.2 Å². The molecule has 0 saturated heterocycles. The molecule has 1 aromatic rings. The molecule has 1 aromatic heterocycles. The fraction of sp³-hybridized carbons (Fsp3) is 0.143. The summed E-state index contributed by atoms with van der Waals surface area (Å²) in [6.07, 6.45) is -3.67. The zero-order valence-corrected chi connectivity index (χ0v) is 7.12. The number of hydrogen-bond donors (Lipinski definition) is 1. The standard InChI is InChI=1S/C7H5F3N2S/c8-7(9,10)4-1-2-5(6(11)13)12-3-4/h1-3H,(H2,11,13). The van der Waals surface area contributed by atoms with Gasteiger partial charge in [-0.25, -0.2) is 0 Å². The zero-order chi connectivity index (χ0) is 10.1. The highest BCUT2D eigenvalue weighted by molar-refractivity contribution is 7.80. The van der Waals surface area contributed by atoms with Crippen LogP contribution in [0.3, 0.4) is 0 Å². The molecule has 0 aliphatic rings. The van der Waals surface area contributed by atoms with Gasteiger partial charge in [0.15, 0.2) is 0 Å². The van der Waals surface area contributed by atoms with Crippen molar-refractivity contribution < 1.29 is 13.2 Å². The van der Waals surface area contributed by atoms with Crippen LogP contribution in [0, 0.1) is 0 Å². The Balaban J connectivity index is 3.01. The maximum absolute atomic E-state index is 12.0. The number of hydrogen-bond acceptors (Lipinski definition) is 2. The Labute approximate surface area is 77.6 Å². The van der Waals surface area contributed by atoms with E-state index in [9.17, 15) is 13.2 Å². The van der Waals surface area contributed by atoms with Crippen LogP contribution in [0.2, 0.25) is 0 Å². The summed E-state index contributed by atoms with van der Waals surface area (Å²) in [6, 6.07) is 2.03. The van der Waals surface area contributed by atoms with E-state index in [1.165, 1.54) is 0 Å². The van der Waals surface area contributed by atoms with Gasteiger partial charge in [0.2, 0.25) is 0 Å². The lowest BCUT2D eigenvalue weighted by atomic mass is 10.2. The number of pyridine rings is 1. The second-order valence-corrected chi connectivity index (χ2v) is 2.73. The van der Waals surface area contributed by atoms with Crippen LogP contribution in [0.15, 0.2) is 18.3 Å². The van der Waals surface area contributed by atoms with Crippen molar-refractivity contribution in [2.45, 2.75) is 6.18 Å². The minimum absolute atomic E-state index is 0.0197. The average molecular weight is 206 g/mol. The molecule has 0 atom stereocenters. The monoisotopic (exact) mass is 206 g/mol. The van der Waals surface area contributed by atoms with Gasteiger partial charge >= 0.3 is 6.18 Å². The van der Waals surface area contributed by atoms with E-state index in [0.29, 0.717) is 6.20 Å². The summed E-state index contributed by atoms with van der Waals surface area (Å²) in [6.45, 7) is 0. The molecule has 2 nitrogen and oxygen atoms in total. The molecule has 1 rings (SSSR count). The molecule has 0 saturated carbocycles. The lowest BCUT2D eigenvalue weighted by molar-refractivity contribution is -0.137. The minimum atomic E-state index is -4.37. The first-order valence-corrected chi connectivity index (χ1v) is 3.65. The lowest BCUT2D eigenvalue weighted by Crippen LogP contribution is -2.13. The number of halogens is 3. The van der Waals surface area contributed by atoms with Crippen LogP contribution in [0.25, 0.3) is 0 Å². The SMILES string of the molecule is NC(=S)c1ccc(C(F)(F)F)cn1. The zero-order valence-electron chi connectivity index (χ0n) is 6.30. The van der Waals surface area contributed by atoms with Crippen molar-refractivity contribution >= 4 is 17.2 Å². The predicted molar refractivity (Wildman–Crippen MR) is 45.1 cm³/mol. The molecule has 0 unspecified atom stereocenters. The summed E-state index contributed by atoms with van der Waals surface area (Å²) >= 11 is 4.53. The van der Waals surface area contributed by atoms with E-state index < -0.39 is 11.7 Å². The first-order valence-electron chi connectivity index (χ1n) is 3.24. The Morgan fingerprint density at radius 2 is 2.00 bits per heavy atom. The maximum Gasteiger partial charge on any atom is 0.417 e. The largest absolute Gasteiger partial charge is 0.417 e. The first kappa shape index (κ1) is 9.91. The van der Waals surface area contributed by atoms with Gasteiger partial charge in [0.1, 0.15) is 4.99 Å². The number of nitrogens with two attached hydrogens (primary N) is 1. The molecule has 0 spiro atoms. The maximum atomic E-state index is 12.0. The van der Waals surface area contributed by atoms with Crippen LogP contribution >= 0.6 is 12.2 Å². The van der Waals surface area contributed by atoms with Gasteiger partial charge < -0.3 is 5.73 Å². The number of aromatic nitrogens is 1. The fourth-order valence-electron chi connectivity index (χ4n) is 0.707. The van der Waals surface area contributed by atoms with Gasteiger partial charge in [-0.1, -0.05) is 12.2 Å². The summed E-state index contributed by atoms with van der Waals surface area (Å²) in [5, 5.41) is 0. The number of nitrogens with zero attached hydrogens (tertiary/aromatic N) is 1. The number of thiocarbonyl (C=S) groups is 1. The molecular weight excluding hydrogens is 201 g/mol. The Bertz CT molecular complexity index is 318. The highest BCUT2D eigenvalue weighted by atomic mass is 32.1. The quantitative estimate of drug-likeness (QED) is 0.711. The fourth-order valence-corrected chi connectivity index (χ4v) is 0.828. The molecule has 1 heterocycles. The molecule has 13 heavy (non-hydrogen) atoms. The third kappa shape index (κ3) is 2.38. The lowest BCUT2D eigenvalue weighted by Gasteiger charge is -2.05. The Hall–Kier alpha value is -1.17. The molecule has 2 N–H and O–H groups in total. The van der Waals surface area contributed by atoms with Gasteiger partial charge in [-0.2, -0.15) is 13.2 Å². The Kier molecular flexibility index (Phi) is 2.51. The van der Waals surface area contributed by atoms with E-state index in [1.54, 1.807) is 0 Å². The van der Waals surface area contributed by atoms with Gasteiger partial charge in [-0.15, -0.1) is 0 Å². The van der Waals surface area contributed by atoms with Crippen LogP contribution in [-0.4, -0.2) is 9.97 Å². The number of alkyl halides is 3. The van der Waals surface area contributed by atoms with Crippen LogP contribution < -0.4 is 5.73 Å². The predicted octanol–water partition coefficient (Wildman–Crippen LogP) is 1.73. The van der Waals surface area contributed by atoms with Gasteiger partial charge in [0.05, 0.1) is 11.3 Å². The normalized spacial score (nSPS) is 11.3. The summed E-state index contributed by atoms with van der Waals surface area (Å²) in [7, 11) is 0. The van der Waals surface area contributed by atoms with E-state index in [-0.39, 0.29) is 10.7 Å². The second-order valence-electron chi connectivity index (χ2n) is 2.29. The van der Waals surface area contributed by atoms with E-state index in [0.717, 1.165) is 12.1 Å². The van der Waals surface area contributed by atoms with Crippen molar-refractivity contribution in [1.82, 2.24) is 4.98 Å². The molecule has 0 bridgehead atoms. The van der Waals surface area contributed by atoms with Gasteiger partial charge in [0.25, 0.3) is 0 Å². The van der Waals surface area contributed by atoms with Gasteiger partial charge in [-0.3, -0.25) is 4.98 Å². The minimum Gasteiger partial charge on any atom is -0.388 e. The van der Waals surface area contributed by atoms with E-state index >= 15 is 0 Å². The molecule has 6 heteroatoms. The summed E-state index contributed by atoms with van der Waals surface area (Å²) in [4.78, 5) is 3.44. The van der Waals surface area contributed by atoms with Crippen LogP contribution in [0.4, 0.5) is 13.2 Å². The second kappa shape index (κ2) is 3.29. The van der Waals surface area contributed by atoms with Crippen molar-refractivity contribution in [3.63, 3.8) is 0 Å². The highest BCUT2D eigenvalue weighted by Gasteiger charge is 2.30. The van der Waals surface area contributed by atoms with Crippen LogP contribution in [-0.2, 0) is 6.18 Å². The topological polar surface area (TPSA) is 38.9 Å². The summed E-state index contributed by atoms with van der Waals surface area (Å²) in [5.74, 6) is 0. The van der Waals surface area contributed by atoms with Crippen molar-refractivity contribution in [2.24, 2.45) is 5.73 Å². The third-order valence-corrected chi connectivity index (χ3v) is 1.55. The Morgan fingerprint density at radius 3 is 2.31 bits per heavy atom. The molecule has 0 aliphatic carbocycles. The average Bonchev–Trinajstić information content (AvgIpc) is 2.03. The van der Waals surface area contributed by atoms with Gasteiger partial charge in [-0.05, 0) is 12.1 Å².